The molecular weight excluding hydrogens is 616 g/mol. The summed E-state index contributed by atoms with van der Waals surface area (Å²) in [6.07, 6.45) is -0.537. The van der Waals surface area contributed by atoms with Crippen molar-refractivity contribution in [1.29, 1.82) is 0 Å². The summed E-state index contributed by atoms with van der Waals surface area (Å²) in [4.78, 5) is 77.6. The molecule has 12 heteroatoms. The zero-order valence-corrected chi connectivity index (χ0v) is 26.1. The van der Waals surface area contributed by atoms with Crippen molar-refractivity contribution >= 4 is 58.1 Å². The summed E-state index contributed by atoms with van der Waals surface area (Å²) in [6.45, 7) is 0. The summed E-state index contributed by atoms with van der Waals surface area (Å²) in [6, 6.07) is 24.5. The van der Waals surface area contributed by atoms with E-state index < -0.39 is 47.4 Å². The average Bonchev–Trinajstić information content (AvgIpc) is 3.10. The van der Waals surface area contributed by atoms with Crippen LogP contribution in [0.15, 0.2) is 97.1 Å². The van der Waals surface area contributed by atoms with E-state index in [1.165, 1.54) is 50.6 Å². The van der Waals surface area contributed by atoms with Crippen molar-refractivity contribution in [3.8, 4) is 0 Å². The molecule has 4 aromatic carbocycles. The van der Waals surface area contributed by atoms with Gasteiger partial charge in [0.15, 0.2) is 11.6 Å². The Morgan fingerprint density at radius 2 is 0.896 bits per heavy atom. The van der Waals surface area contributed by atoms with Gasteiger partial charge < -0.3 is 30.7 Å². The van der Waals surface area contributed by atoms with Gasteiger partial charge >= 0.3 is 11.9 Å². The van der Waals surface area contributed by atoms with Gasteiger partial charge in [-0.2, -0.15) is 0 Å². The van der Waals surface area contributed by atoms with Crippen molar-refractivity contribution in [3.63, 3.8) is 0 Å². The quantitative estimate of drug-likeness (QED) is 0.142. The number of fused-ring (bicyclic) bond motifs is 2. The monoisotopic (exact) mass is 648 g/mol. The lowest BCUT2D eigenvalue weighted by molar-refractivity contribution is -0.143. The summed E-state index contributed by atoms with van der Waals surface area (Å²) >= 11 is 0. The van der Waals surface area contributed by atoms with Crippen molar-refractivity contribution in [2.45, 2.75) is 24.9 Å². The van der Waals surface area contributed by atoms with Crippen LogP contribution in [0.4, 0.5) is 22.7 Å². The van der Waals surface area contributed by atoms with Crippen LogP contribution in [-0.2, 0) is 28.7 Å². The largest absolute Gasteiger partial charge is 0.467 e. The fourth-order valence-corrected chi connectivity index (χ4v) is 5.24. The van der Waals surface area contributed by atoms with Gasteiger partial charge in [0.25, 0.3) is 0 Å². The van der Waals surface area contributed by atoms with Crippen LogP contribution in [0.3, 0.4) is 0 Å². The summed E-state index contributed by atoms with van der Waals surface area (Å²) in [5.41, 5.74) is 2.20. The normalized spacial score (nSPS) is 12.8. The minimum Gasteiger partial charge on any atom is -0.467 e. The highest BCUT2D eigenvalue weighted by atomic mass is 16.5. The lowest BCUT2D eigenvalue weighted by Crippen LogP contribution is -2.34. The zero-order valence-electron chi connectivity index (χ0n) is 26.1. The first-order chi connectivity index (χ1) is 23.2. The summed E-state index contributed by atoms with van der Waals surface area (Å²) in [7, 11) is 2.45. The van der Waals surface area contributed by atoms with E-state index in [1.54, 1.807) is 48.5 Å². The number of amides is 2. The van der Waals surface area contributed by atoms with Gasteiger partial charge in [0.05, 0.1) is 27.1 Å². The molecule has 0 fully saturated rings. The van der Waals surface area contributed by atoms with Crippen molar-refractivity contribution in [2.24, 2.45) is 0 Å². The molecule has 1 aliphatic carbocycles. The highest BCUT2D eigenvalue weighted by Crippen LogP contribution is 2.31. The molecule has 2 atom stereocenters. The Morgan fingerprint density at radius 1 is 0.521 bits per heavy atom. The number of para-hydroxylation sites is 2. The molecule has 0 spiro atoms. The standard InChI is InChI=1S/C36H32N4O8/c1-47-35(45)29(37-21-9-5-3-6-10-21)19-31(41)39-23-13-15-25-27(17-23)34(44)28-18-24(14-16-26(28)33(25)43)40-32(42)20-30(36(46)48-2)38-22-11-7-4-8-12-22/h3-18,29-30,37-38H,19-20H2,1-2H3,(H,39,41)(H,40,42)/t29-,30-/m0/s1. The number of hydrogen-bond acceptors (Lipinski definition) is 10. The van der Waals surface area contributed by atoms with Crippen molar-refractivity contribution in [3.05, 3.63) is 119 Å². The fourth-order valence-electron chi connectivity index (χ4n) is 5.24. The number of carbonyl (C=O) groups excluding carboxylic acids is 6. The molecule has 4 aromatic rings. The second-order valence-electron chi connectivity index (χ2n) is 10.9. The van der Waals surface area contributed by atoms with Gasteiger partial charge in [0.2, 0.25) is 11.8 Å². The number of esters is 2. The first-order valence-corrected chi connectivity index (χ1v) is 14.9. The number of rotatable bonds is 12. The second kappa shape index (κ2) is 14.9. The lowest BCUT2D eigenvalue weighted by Gasteiger charge is -2.20. The fraction of sp³-hybridized carbons (Fsp3) is 0.167. The number of ketones is 2. The number of anilines is 4. The van der Waals surface area contributed by atoms with Crippen LogP contribution in [0.1, 0.15) is 44.7 Å². The molecule has 0 aliphatic heterocycles. The highest BCUT2D eigenvalue weighted by Gasteiger charge is 2.31. The van der Waals surface area contributed by atoms with Gasteiger partial charge in [0, 0.05) is 45.0 Å². The Balaban J connectivity index is 1.28. The van der Waals surface area contributed by atoms with Crippen LogP contribution in [0.5, 0.6) is 0 Å². The molecule has 2 amide bonds. The smallest absolute Gasteiger partial charge is 0.328 e. The topological polar surface area (TPSA) is 169 Å². The Morgan fingerprint density at radius 3 is 1.27 bits per heavy atom. The predicted octanol–water partition coefficient (Wildman–Crippen LogP) is 4.43. The van der Waals surface area contributed by atoms with Gasteiger partial charge in [-0.1, -0.05) is 36.4 Å². The molecule has 0 aromatic heterocycles. The van der Waals surface area contributed by atoms with Crippen LogP contribution in [0, 0.1) is 0 Å². The predicted molar refractivity (Wildman–Crippen MR) is 178 cm³/mol. The number of nitrogens with one attached hydrogen (secondary N) is 4. The molecule has 1 aliphatic rings. The molecule has 244 valence electrons. The van der Waals surface area contributed by atoms with Gasteiger partial charge in [0.1, 0.15) is 12.1 Å². The van der Waals surface area contributed by atoms with Crippen molar-refractivity contribution < 1.29 is 38.2 Å². The first-order valence-electron chi connectivity index (χ1n) is 14.9. The number of benzene rings is 4. The van der Waals surface area contributed by atoms with Crippen molar-refractivity contribution in [2.75, 3.05) is 35.5 Å². The van der Waals surface area contributed by atoms with Gasteiger partial charge in [-0.15, -0.1) is 0 Å². The van der Waals surface area contributed by atoms with E-state index in [0.717, 1.165) is 0 Å². The van der Waals surface area contributed by atoms with Crippen LogP contribution >= 0.6 is 0 Å². The van der Waals surface area contributed by atoms with Crippen LogP contribution in [0.2, 0.25) is 0 Å². The SMILES string of the molecule is COC(=O)[C@H](CC(=O)Nc1ccc2c(c1)C(=O)c1cc(NC(=O)C[C@H](Nc3ccccc3)C(=O)OC)ccc1C2=O)Nc1ccccc1. The Bertz CT molecular complexity index is 1740. The maximum atomic E-state index is 13.6. The molecule has 0 unspecified atom stereocenters. The third-order valence-corrected chi connectivity index (χ3v) is 7.56. The van der Waals surface area contributed by atoms with Gasteiger partial charge in [-0.05, 0) is 60.7 Å². The lowest BCUT2D eigenvalue weighted by atomic mass is 9.83. The van der Waals surface area contributed by atoms with E-state index in [-0.39, 0.29) is 46.5 Å². The van der Waals surface area contributed by atoms with E-state index in [1.807, 2.05) is 12.1 Å². The van der Waals surface area contributed by atoms with Crippen LogP contribution in [-0.4, -0.2) is 61.6 Å². The molecule has 0 bridgehead atoms. The second-order valence-corrected chi connectivity index (χ2v) is 10.9. The number of methoxy groups -OCH3 is 2. The van der Waals surface area contributed by atoms with E-state index in [2.05, 4.69) is 21.3 Å². The molecule has 0 radical (unpaired) electrons. The molecule has 0 saturated carbocycles. The number of ether oxygens (including phenoxy) is 2. The first kappa shape index (κ1) is 33.1. The summed E-state index contributed by atoms with van der Waals surface area (Å²) in [5.74, 6) is -3.20. The maximum Gasteiger partial charge on any atom is 0.328 e. The minimum atomic E-state index is -0.976. The Kier molecular flexibility index (Phi) is 10.2. The van der Waals surface area contributed by atoms with E-state index >= 15 is 0 Å². The molecule has 4 N–H and O–H groups in total. The van der Waals surface area contributed by atoms with E-state index in [9.17, 15) is 28.8 Å². The summed E-state index contributed by atoms with van der Waals surface area (Å²) in [5, 5.41) is 11.3. The van der Waals surface area contributed by atoms with Gasteiger partial charge in [-0.25, -0.2) is 9.59 Å². The Hall–Kier alpha value is -6.30. The Labute approximate surface area is 275 Å². The van der Waals surface area contributed by atoms with Crippen LogP contribution in [0.25, 0.3) is 0 Å². The third-order valence-electron chi connectivity index (χ3n) is 7.56. The van der Waals surface area contributed by atoms with Crippen molar-refractivity contribution in [1.82, 2.24) is 0 Å². The maximum absolute atomic E-state index is 13.6. The summed E-state index contributed by atoms with van der Waals surface area (Å²) < 4.78 is 9.70. The van der Waals surface area contributed by atoms with Gasteiger partial charge in [-0.3, -0.25) is 19.2 Å². The number of carbonyl (C=O) groups is 6. The molecule has 48 heavy (non-hydrogen) atoms. The highest BCUT2D eigenvalue weighted by molar-refractivity contribution is 6.29. The van der Waals surface area contributed by atoms with Crippen LogP contribution < -0.4 is 21.3 Å². The average molecular weight is 649 g/mol. The third kappa shape index (κ3) is 7.73. The molecule has 12 nitrogen and oxygen atoms in total. The zero-order chi connectivity index (χ0) is 34.2. The van der Waals surface area contributed by atoms with E-state index in [0.29, 0.717) is 11.4 Å². The number of hydrogen-bond donors (Lipinski definition) is 4. The minimum absolute atomic E-state index is 0.0681. The molecule has 0 saturated heterocycles. The molecule has 5 rings (SSSR count). The van der Waals surface area contributed by atoms with E-state index in [4.69, 9.17) is 9.47 Å². The molecular formula is C36H32N4O8. The molecule has 0 heterocycles.